The number of β-amino-alcohol motifs (C(OH)–C–C–N with tert-alkyl or cyclic N) is 1. The van der Waals surface area contributed by atoms with Crippen molar-refractivity contribution in [3.8, 4) is 5.75 Å². The predicted molar refractivity (Wildman–Crippen MR) is 86.1 cm³/mol. The molecular weight excluding hydrogens is 296 g/mol. The third-order valence-corrected chi connectivity index (χ3v) is 4.20. The molecule has 2 rings (SSSR count). The van der Waals surface area contributed by atoms with E-state index in [0.29, 0.717) is 5.75 Å². The lowest BCUT2D eigenvalue weighted by atomic mass is 10.0. The van der Waals surface area contributed by atoms with E-state index in [1.54, 1.807) is 7.11 Å². The zero-order valence-electron chi connectivity index (χ0n) is 14.0. The van der Waals surface area contributed by atoms with Gasteiger partial charge in [0.1, 0.15) is 11.8 Å². The molecule has 0 radical (unpaired) electrons. The van der Waals surface area contributed by atoms with Crippen molar-refractivity contribution in [1.29, 1.82) is 0 Å². The first-order chi connectivity index (χ1) is 10.8. The van der Waals surface area contributed by atoms with Gasteiger partial charge in [0.2, 0.25) is 11.8 Å². The van der Waals surface area contributed by atoms with E-state index in [4.69, 9.17) is 4.74 Å². The van der Waals surface area contributed by atoms with E-state index in [2.05, 4.69) is 5.32 Å². The van der Waals surface area contributed by atoms with Crippen LogP contribution in [-0.2, 0) is 9.59 Å². The number of ether oxygens (including phenoxy) is 1. The zero-order chi connectivity index (χ0) is 17.1. The smallest absolute Gasteiger partial charge is 0.243 e. The van der Waals surface area contributed by atoms with Gasteiger partial charge in [-0.2, -0.15) is 0 Å². The highest BCUT2D eigenvalue weighted by atomic mass is 16.5. The molecule has 126 valence electrons. The maximum absolute atomic E-state index is 12.5. The second-order valence-corrected chi connectivity index (χ2v) is 6.05. The molecule has 0 unspecified atom stereocenters. The summed E-state index contributed by atoms with van der Waals surface area (Å²) in [5.74, 6) is 0.244. The molecule has 3 atom stereocenters. The number of benzene rings is 1. The minimum Gasteiger partial charge on any atom is -0.496 e. The molecule has 0 bridgehead atoms. The molecule has 0 aromatic heterocycles. The van der Waals surface area contributed by atoms with E-state index in [0.717, 1.165) is 11.1 Å². The minimum absolute atomic E-state index is 0.204. The van der Waals surface area contributed by atoms with Crippen molar-refractivity contribution in [3.05, 3.63) is 29.3 Å². The van der Waals surface area contributed by atoms with Gasteiger partial charge >= 0.3 is 0 Å². The van der Waals surface area contributed by atoms with Crippen LogP contribution in [0.15, 0.2) is 18.2 Å². The van der Waals surface area contributed by atoms with E-state index in [9.17, 15) is 14.7 Å². The lowest BCUT2D eigenvalue weighted by molar-refractivity contribution is -0.137. The first-order valence-corrected chi connectivity index (χ1v) is 7.73. The average Bonchev–Trinajstić information content (AvgIpc) is 2.89. The van der Waals surface area contributed by atoms with Crippen LogP contribution in [0.4, 0.5) is 0 Å². The number of carbonyl (C=O) groups is 2. The second-order valence-electron chi connectivity index (χ2n) is 6.05. The van der Waals surface area contributed by atoms with Crippen LogP contribution >= 0.6 is 0 Å². The van der Waals surface area contributed by atoms with Gasteiger partial charge in [-0.15, -0.1) is 0 Å². The fraction of sp³-hybridized carbons (Fsp3) is 0.529. The third kappa shape index (κ3) is 3.82. The molecule has 0 spiro atoms. The molecule has 6 nitrogen and oxygen atoms in total. The summed E-state index contributed by atoms with van der Waals surface area (Å²) in [5, 5.41) is 12.7. The molecule has 1 aliphatic rings. The topological polar surface area (TPSA) is 78.9 Å². The fourth-order valence-corrected chi connectivity index (χ4v) is 2.99. The van der Waals surface area contributed by atoms with Crippen LogP contribution in [0.3, 0.4) is 0 Å². The summed E-state index contributed by atoms with van der Waals surface area (Å²) < 4.78 is 5.35. The van der Waals surface area contributed by atoms with Crippen LogP contribution in [0.1, 0.15) is 37.4 Å². The number of methoxy groups -OCH3 is 1. The van der Waals surface area contributed by atoms with Gasteiger partial charge in [0.05, 0.1) is 19.3 Å². The van der Waals surface area contributed by atoms with Gasteiger partial charge in [0, 0.05) is 25.5 Å². The standard InChI is InChI=1S/C17H24N2O4/c1-10-5-6-16(23-4)14(7-10)11(2)18-17(22)15-8-13(21)9-19(15)12(3)20/h5-7,11,13,15,21H,8-9H2,1-4H3,(H,18,22)/t11-,13+,15-/m1/s1. The Morgan fingerprint density at radius 1 is 1.43 bits per heavy atom. The Kier molecular flexibility index (Phi) is 5.26. The summed E-state index contributed by atoms with van der Waals surface area (Å²) in [7, 11) is 1.59. The molecule has 0 aliphatic carbocycles. The SMILES string of the molecule is COc1ccc(C)cc1[C@@H](C)NC(=O)[C@H]1C[C@H](O)CN1C(C)=O. The maximum Gasteiger partial charge on any atom is 0.243 e. The number of likely N-dealkylation sites (tertiary alicyclic amines) is 1. The Morgan fingerprint density at radius 3 is 2.74 bits per heavy atom. The molecule has 6 heteroatoms. The number of hydrogen-bond donors (Lipinski definition) is 2. The summed E-state index contributed by atoms with van der Waals surface area (Å²) in [6.07, 6.45) is -0.387. The number of aliphatic hydroxyl groups is 1. The lowest BCUT2D eigenvalue weighted by Gasteiger charge is -2.25. The molecule has 2 amide bonds. The van der Waals surface area contributed by atoms with Gasteiger partial charge in [-0.25, -0.2) is 0 Å². The molecule has 23 heavy (non-hydrogen) atoms. The summed E-state index contributed by atoms with van der Waals surface area (Å²) >= 11 is 0. The van der Waals surface area contributed by atoms with E-state index >= 15 is 0 Å². The Morgan fingerprint density at radius 2 is 2.13 bits per heavy atom. The van der Waals surface area contributed by atoms with Gasteiger partial charge in [0.15, 0.2) is 0 Å². The van der Waals surface area contributed by atoms with Gasteiger partial charge in [-0.3, -0.25) is 9.59 Å². The Bertz CT molecular complexity index is 602. The van der Waals surface area contributed by atoms with E-state index in [-0.39, 0.29) is 30.8 Å². The number of amides is 2. The number of carbonyl (C=O) groups excluding carboxylic acids is 2. The number of rotatable bonds is 4. The largest absolute Gasteiger partial charge is 0.496 e. The van der Waals surface area contributed by atoms with Gasteiger partial charge in [0.25, 0.3) is 0 Å². The first kappa shape index (κ1) is 17.3. The second kappa shape index (κ2) is 7.00. The quantitative estimate of drug-likeness (QED) is 0.873. The Labute approximate surface area is 136 Å². The van der Waals surface area contributed by atoms with E-state index in [1.807, 2.05) is 32.0 Å². The molecule has 1 fully saturated rings. The van der Waals surface area contributed by atoms with Gasteiger partial charge in [-0.1, -0.05) is 17.7 Å². The van der Waals surface area contributed by atoms with Crippen molar-refractivity contribution in [2.24, 2.45) is 0 Å². The van der Waals surface area contributed by atoms with Crippen molar-refractivity contribution in [3.63, 3.8) is 0 Å². The number of hydrogen-bond acceptors (Lipinski definition) is 4. The molecule has 1 heterocycles. The van der Waals surface area contributed by atoms with Crippen molar-refractivity contribution < 1.29 is 19.4 Å². The van der Waals surface area contributed by atoms with Crippen LogP contribution in [0.5, 0.6) is 5.75 Å². The van der Waals surface area contributed by atoms with Crippen LogP contribution in [-0.4, -0.2) is 47.6 Å². The Balaban J connectivity index is 2.13. The number of nitrogens with zero attached hydrogens (tertiary/aromatic N) is 1. The van der Waals surface area contributed by atoms with Crippen molar-refractivity contribution in [1.82, 2.24) is 10.2 Å². The van der Waals surface area contributed by atoms with Crippen molar-refractivity contribution in [2.45, 2.75) is 45.4 Å². The first-order valence-electron chi connectivity index (χ1n) is 7.73. The molecule has 1 aliphatic heterocycles. The highest BCUT2D eigenvalue weighted by Gasteiger charge is 2.37. The predicted octanol–water partition coefficient (Wildman–Crippen LogP) is 1.16. The molecule has 1 saturated heterocycles. The van der Waals surface area contributed by atoms with Gasteiger partial charge < -0.3 is 20.1 Å². The Hall–Kier alpha value is -2.08. The zero-order valence-corrected chi connectivity index (χ0v) is 14.0. The molecule has 1 aromatic carbocycles. The highest BCUT2D eigenvalue weighted by molar-refractivity contribution is 5.87. The van der Waals surface area contributed by atoms with Crippen LogP contribution < -0.4 is 10.1 Å². The summed E-state index contributed by atoms with van der Waals surface area (Å²) in [6.45, 7) is 5.46. The summed E-state index contributed by atoms with van der Waals surface area (Å²) in [5.41, 5.74) is 1.96. The third-order valence-electron chi connectivity index (χ3n) is 4.20. The van der Waals surface area contributed by atoms with Crippen LogP contribution in [0.25, 0.3) is 0 Å². The average molecular weight is 320 g/mol. The monoisotopic (exact) mass is 320 g/mol. The highest BCUT2D eigenvalue weighted by Crippen LogP contribution is 2.27. The van der Waals surface area contributed by atoms with Crippen LogP contribution in [0.2, 0.25) is 0 Å². The van der Waals surface area contributed by atoms with Crippen LogP contribution in [0, 0.1) is 6.92 Å². The van der Waals surface area contributed by atoms with Crippen molar-refractivity contribution >= 4 is 11.8 Å². The maximum atomic E-state index is 12.5. The summed E-state index contributed by atoms with van der Waals surface area (Å²) in [4.78, 5) is 25.6. The molecular formula is C17H24N2O4. The number of nitrogens with one attached hydrogen (secondary N) is 1. The summed E-state index contributed by atoms with van der Waals surface area (Å²) in [6, 6.07) is 4.90. The lowest BCUT2D eigenvalue weighted by Crippen LogP contribution is -2.45. The molecule has 0 saturated carbocycles. The van der Waals surface area contributed by atoms with Gasteiger partial charge in [-0.05, 0) is 19.9 Å². The molecule has 1 aromatic rings. The number of aliphatic hydroxyl groups excluding tert-OH is 1. The molecule has 2 N–H and O–H groups in total. The normalized spacial score (nSPS) is 21.9. The van der Waals surface area contributed by atoms with E-state index in [1.165, 1.54) is 11.8 Å². The van der Waals surface area contributed by atoms with E-state index < -0.39 is 12.1 Å². The fourth-order valence-electron chi connectivity index (χ4n) is 2.99. The van der Waals surface area contributed by atoms with Crippen molar-refractivity contribution in [2.75, 3.05) is 13.7 Å². The number of aryl methyl sites for hydroxylation is 1. The minimum atomic E-state index is -0.654.